The molecule has 0 radical (unpaired) electrons. The van der Waals surface area contributed by atoms with Crippen LogP contribution in [0.25, 0.3) is 0 Å². The molecule has 1 aromatic carbocycles. The Morgan fingerprint density at radius 2 is 1.81 bits per heavy atom. The zero-order valence-electron chi connectivity index (χ0n) is 12.4. The fourth-order valence-electron chi connectivity index (χ4n) is 2.93. The van der Waals surface area contributed by atoms with Crippen molar-refractivity contribution in [2.24, 2.45) is 5.73 Å². The first-order chi connectivity index (χ1) is 10.4. The van der Waals surface area contributed by atoms with E-state index in [2.05, 4.69) is 39.5 Å². The minimum Gasteiger partial charge on any atom is -0.325 e. The first-order valence-electron chi connectivity index (χ1n) is 7.74. The molecule has 1 aliphatic rings. The van der Waals surface area contributed by atoms with Crippen LogP contribution >= 0.6 is 0 Å². The summed E-state index contributed by atoms with van der Waals surface area (Å²) in [7, 11) is 0. The van der Waals surface area contributed by atoms with Crippen LogP contribution in [-0.2, 0) is 19.5 Å². The van der Waals surface area contributed by atoms with Gasteiger partial charge in [-0.3, -0.25) is 0 Å². The molecule has 0 amide bonds. The van der Waals surface area contributed by atoms with Gasteiger partial charge < -0.3 is 10.6 Å². The number of nitrogens with zero attached hydrogens (tertiary/aromatic N) is 4. The Bertz CT molecular complexity index is 557. The monoisotopic (exact) mass is 285 g/mol. The average molecular weight is 285 g/mol. The second-order valence-corrected chi connectivity index (χ2v) is 5.62. The zero-order valence-corrected chi connectivity index (χ0v) is 12.4. The van der Waals surface area contributed by atoms with E-state index in [0.29, 0.717) is 6.54 Å². The fourth-order valence-corrected chi connectivity index (χ4v) is 2.93. The molecule has 0 atom stereocenters. The molecule has 2 heterocycles. The van der Waals surface area contributed by atoms with Crippen LogP contribution in [0.1, 0.15) is 29.8 Å². The number of likely N-dealkylation sites (tertiary alicyclic amines) is 1. The van der Waals surface area contributed by atoms with E-state index < -0.39 is 0 Å². The van der Waals surface area contributed by atoms with Crippen molar-refractivity contribution in [1.29, 1.82) is 0 Å². The van der Waals surface area contributed by atoms with Crippen molar-refractivity contribution in [2.75, 3.05) is 19.6 Å². The van der Waals surface area contributed by atoms with Gasteiger partial charge in [0.25, 0.3) is 0 Å². The molecule has 1 fully saturated rings. The Hall–Kier alpha value is -1.72. The summed E-state index contributed by atoms with van der Waals surface area (Å²) in [6.07, 6.45) is 3.49. The van der Waals surface area contributed by atoms with Gasteiger partial charge in [0.05, 0.1) is 17.9 Å². The minimum absolute atomic E-state index is 0.450. The summed E-state index contributed by atoms with van der Waals surface area (Å²) in [4.78, 5) is 2.50. The molecule has 0 bridgehead atoms. The molecule has 21 heavy (non-hydrogen) atoms. The lowest BCUT2D eigenvalue weighted by Crippen LogP contribution is -2.25. The number of hydrogen-bond acceptors (Lipinski definition) is 4. The van der Waals surface area contributed by atoms with Crippen LogP contribution < -0.4 is 5.73 Å². The van der Waals surface area contributed by atoms with Gasteiger partial charge in [0, 0.05) is 19.5 Å². The molecule has 0 unspecified atom stereocenters. The number of nitrogens with two attached hydrogens (primary N) is 1. The maximum Gasteiger partial charge on any atom is 0.0998 e. The number of hydrogen-bond donors (Lipinski definition) is 1. The first-order valence-corrected chi connectivity index (χ1v) is 7.74. The molecule has 1 aliphatic heterocycles. The van der Waals surface area contributed by atoms with E-state index in [1.54, 1.807) is 0 Å². The van der Waals surface area contributed by atoms with Gasteiger partial charge in [-0.2, -0.15) is 0 Å². The summed E-state index contributed by atoms with van der Waals surface area (Å²) >= 11 is 0. The molecule has 2 N–H and O–H groups in total. The second kappa shape index (κ2) is 6.83. The lowest BCUT2D eigenvalue weighted by atomic mass is 10.1. The lowest BCUT2D eigenvalue weighted by molar-refractivity contribution is 0.312. The van der Waals surface area contributed by atoms with Crippen molar-refractivity contribution in [1.82, 2.24) is 19.9 Å². The third-order valence-electron chi connectivity index (χ3n) is 4.15. The second-order valence-electron chi connectivity index (χ2n) is 5.62. The molecule has 2 aromatic rings. The van der Waals surface area contributed by atoms with E-state index >= 15 is 0 Å². The van der Waals surface area contributed by atoms with Crippen LogP contribution in [0.3, 0.4) is 0 Å². The van der Waals surface area contributed by atoms with Crippen molar-refractivity contribution in [2.45, 2.75) is 32.4 Å². The van der Waals surface area contributed by atoms with Crippen LogP contribution in [-0.4, -0.2) is 39.5 Å². The van der Waals surface area contributed by atoms with Crippen LogP contribution in [0.15, 0.2) is 30.3 Å². The summed E-state index contributed by atoms with van der Waals surface area (Å²) in [5.41, 5.74) is 9.16. The molecule has 0 spiro atoms. The molecule has 1 aromatic heterocycles. The van der Waals surface area contributed by atoms with E-state index in [0.717, 1.165) is 30.9 Å². The van der Waals surface area contributed by atoms with E-state index in [-0.39, 0.29) is 0 Å². The van der Waals surface area contributed by atoms with E-state index in [1.165, 1.54) is 31.5 Å². The Labute approximate surface area is 125 Å². The molecule has 1 saturated heterocycles. The number of benzene rings is 1. The number of aromatic nitrogens is 3. The van der Waals surface area contributed by atoms with Gasteiger partial charge in [-0.1, -0.05) is 35.5 Å². The smallest absolute Gasteiger partial charge is 0.0998 e. The highest BCUT2D eigenvalue weighted by molar-refractivity contribution is 5.24. The SMILES string of the molecule is NCc1nnn(CCN2CCCC2)c1Cc1ccccc1. The standard InChI is InChI=1S/C16H23N5/c17-13-15-16(12-14-6-2-1-3-7-14)21(19-18-15)11-10-20-8-4-5-9-20/h1-3,6-7H,4-5,8-13,17H2. The molecule has 0 aliphatic carbocycles. The van der Waals surface area contributed by atoms with Gasteiger partial charge in [-0.25, -0.2) is 4.68 Å². The quantitative estimate of drug-likeness (QED) is 0.872. The Balaban J connectivity index is 1.72. The van der Waals surface area contributed by atoms with Crippen LogP contribution in [0.5, 0.6) is 0 Å². The molecule has 5 nitrogen and oxygen atoms in total. The van der Waals surface area contributed by atoms with Crippen molar-refractivity contribution in [3.63, 3.8) is 0 Å². The van der Waals surface area contributed by atoms with Crippen molar-refractivity contribution < 1.29 is 0 Å². The van der Waals surface area contributed by atoms with Crippen molar-refractivity contribution in [3.8, 4) is 0 Å². The van der Waals surface area contributed by atoms with Crippen LogP contribution in [0.4, 0.5) is 0 Å². The fraction of sp³-hybridized carbons (Fsp3) is 0.500. The Morgan fingerprint density at radius 3 is 2.52 bits per heavy atom. The highest BCUT2D eigenvalue weighted by atomic mass is 15.4. The minimum atomic E-state index is 0.450. The maximum absolute atomic E-state index is 5.81. The maximum atomic E-state index is 5.81. The van der Waals surface area contributed by atoms with Gasteiger partial charge >= 0.3 is 0 Å². The first kappa shape index (κ1) is 14.2. The molecule has 0 saturated carbocycles. The third kappa shape index (κ3) is 3.49. The van der Waals surface area contributed by atoms with E-state index in [9.17, 15) is 0 Å². The van der Waals surface area contributed by atoms with Gasteiger partial charge in [0.15, 0.2) is 0 Å². The Morgan fingerprint density at radius 1 is 1.05 bits per heavy atom. The molecular formula is C16H23N5. The predicted molar refractivity (Wildman–Crippen MR) is 82.8 cm³/mol. The van der Waals surface area contributed by atoms with E-state index in [4.69, 9.17) is 5.73 Å². The van der Waals surface area contributed by atoms with Crippen LogP contribution in [0.2, 0.25) is 0 Å². The van der Waals surface area contributed by atoms with E-state index in [1.807, 2.05) is 10.7 Å². The van der Waals surface area contributed by atoms with Gasteiger partial charge in [0.1, 0.15) is 0 Å². The molecule has 112 valence electrons. The Kier molecular flexibility index (Phi) is 4.62. The van der Waals surface area contributed by atoms with Gasteiger partial charge in [0.2, 0.25) is 0 Å². The highest BCUT2D eigenvalue weighted by Crippen LogP contribution is 2.13. The highest BCUT2D eigenvalue weighted by Gasteiger charge is 2.15. The molecular weight excluding hydrogens is 262 g/mol. The summed E-state index contributed by atoms with van der Waals surface area (Å²) < 4.78 is 2.04. The van der Waals surface area contributed by atoms with Gasteiger partial charge in [-0.15, -0.1) is 5.10 Å². The normalized spacial score (nSPS) is 15.7. The zero-order chi connectivity index (χ0) is 14.5. The largest absolute Gasteiger partial charge is 0.325 e. The average Bonchev–Trinajstić information content (AvgIpc) is 3.16. The summed E-state index contributed by atoms with van der Waals surface area (Å²) in [6.45, 7) is 4.83. The predicted octanol–water partition coefficient (Wildman–Crippen LogP) is 1.42. The lowest BCUT2D eigenvalue weighted by Gasteiger charge is -2.15. The summed E-state index contributed by atoms with van der Waals surface area (Å²) in [5.74, 6) is 0. The van der Waals surface area contributed by atoms with Crippen molar-refractivity contribution >= 4 is 0 Å². The number of rotatable bonds is 6. The van der Waals surface area contributed by atoms with Crippen molar-refractivity contribution in [3.05, 3.63) is 47.3 Å². The summed E-state index contributed by atoms with van der Waals surface area (Å²) in [5, 5.41) is 8.55. The molecule has 3 rings (SSSR count). The topological polar surface area (TPSA) is 60.0 Å². The summed E-state index contributed by atoms with van der Waals surface area (Å²) in [6, 6.07) is 10.4. The third-order valence-corrected chi connectivity index (χ3v) is 4.15. The van der Waals surface area contributed by atoms with Gasteiger partial charge in [-0.05, 0) is 31.5 Å². The molecule has 5 heteroatoms. The van der Waals surface area contributed by atoms with Crippen LogP contribution in [0, 0.1) is 0 Å².